The molecular weight excluding hydrogens is 480 g/mol. The molecule has 2 aromatic heterocycles. The van der Waals surface area contributed by atoms with Gasteiger partial charge in [0.2, 0.25) is 5.95 Å². The first kappa shape index (κ1) is 25.1. The highest BCUT2D eigenvalue weighted by molar-refractivity contribution is 7.87. The molecule has 2 fully saturated rings. The molecule has 0 amide bonds. The number of hydrogen-bond donors (Lipinski definition) is 3. The summed E-state index contributed by atoms with van der Waals surface area (Å²) in [5, 5.41) is 15.7. The number of fused-ring (bicyclic) bond motifs is 1. The fourth-order valence-electron chi connectivity index (χ4n) is 5.16. The number of nitrogens with one attached hydrogen (secondary N) is 2. The minimum Gasteiger partial charge on any atom is -0.385 e. The molecule has 1 aliphatic carbocycles. The lowest BCUT2D eigenvalue weighted by Gasteiger charge is -2.33. The van der Waals surface area contributed by atoms with Crippen molar-refractivity contribution in [1.29, 1.82) is 0 Å². The summed E-state index contributed by atoms with van der Waals surface area (Å²) in [5.74, 6) is 1.29. The van der Waals surface area contributed by atoms with E-state index in [2.05, 4.69) is 15.0 Å². The van der Waals surface area contributed by atoms with Gasteiger partial charge in [0.15, 0.2) is 0 Å². The molecule has 0 atom stereocenters. The molecule has 11 heteroatoms. The monoisotopic (exact) mass is 514 g/mol. The summed E-state index contributed by atoms with van der Waals surface area (Å²) < 4.78 is 35.6. The normalized spacial score (nSPS) is 22.7. The van der Waals surface area contributed by atoms with Crippen LogP contribution in [0.25, 0.3) is 16.7 Å². The van der Waals surface area contributed by atoms with Crippen LogP contribution in [-0.2, 0) is 20.5 Å². The van der Waals surface area contributed by atoms with Crippen LogP contribution in [0.5, 0.6) is 0 Å². The zero-order chi connectivity index (χ0) is 25.3. The maximum atomic E-state index is 12.1. The number of aliphatic hydroxyl groups is 1. The van der Waals surface area contributed by atoms with Gasteiger partial charge in [-0.25, -0.2) is 4.98 Å². The van der Waals surface area contributed by atoms with Gasteiger partial charge >= 0.3 is 0 Å². The predicted molar refractivity (Wildman–Crippen MR) is 138 cm³/mol. The van der Waals surface area contributed by atoms with Crippen LogP contribution in [0.4, 0.5) is 5.95 Å². The van der Waals surface area contributed by atoms with Crippen molar-refractivity contribution in [1.82, 2.24) is 23.6 Å². The van der Waals surface area contributed by atoms with Crippen LogP contribution in [-0.4, -0.2) is 71.8 Å². The summed E-state index contributed by atoms with van der Waals surface area (Å²) >= 11 is 0. The lowest BCUT2D eigenvalue weighted by molar-refractivity contribution is -0.0669. The molecule has 36 heavy (non-hydrogen) atoms. The van der Waals surface area contributed by atoms with Gasteiger partial charge in [0, 0.05) is 70.0 Å². The Balaban J connectivity index is 1.30. The molecule has 5 rings (SSSR count). The minimum atomic E-state index is -3.42. The summed E-state index contributed by atoms with van der Waals surface area (Å²) in [4.78, 5) is 9.18. The van der Waals surface area contributed by atoms with E-state index < -0.39 is 15.8 Å². The largest absolute Gasteiger partial charge is 0.385 e. The number of hydrogen-bond acceptors (Lipinski definition) is 7. The molecule has 0 radical (unpaired) electrons. The number of benzene rings is 1. The number of rotatable bonds is 7. The molecule has 2 aliphatic rings. The molecule has 3 heterocycles. The van der Waals surface area contributed by atoms with Crippen molar-refractivity contribution in [3.8, 4) is 5.82 Å². The number of ether oxygens (including phenoxy) is 1. The van der Waals surface area contributed by atoms with Crippen molar-refractivity contribution < 1.29 is 18.3 Å². The lowest BCUT2D eigenvalue weighted by Crippen LogP contribution is -2.44. The highest BCUT2D eigenvalue weighted by Crippen LogP contribution is 2.37. The second kappa shape index (κ2) is 10.1. The average molecular weight is 515 g/mol. The summed E-state index contributed by atoms with van der Waals surface area (Å²) in [6.07, 6.45) is 8.04. The number of aromatic nitrogens is 3. The maximum Gasteiger partial charge on any atom is 0.279 e. The van der Waals surface area contributed by atoms with E-state index in [1.165, 1.54) is 18.4 Å². The highest BCUT2D eigenvalue weighted by atomic mass is 32.2. The Hall–Kier alpha value is -2.57. The van der Waals surface area contributed by atoms with Crippen LogP contribution in [0.2, 0.25) is 0 Å². The Kier molecular flexibility index (Phi) is 7.01. The first-order valence-corrected chi connectivity index (χ1v) is 13.9. The highest BCUT2D eigenvalue weighted by Gasteiger charge is 2.33. The van der Waals surface area contributed by atoms with E-state index in [1.807, 2.05) is 41.1 Å². The predicted octanol–water partition coefficient (Wildman–Crippen LogP) is 2.54. The third kappa shape index (κ3) is 5.12. The van der Waals surface area contributed by atoms with Gasteiger partial charge in [0.1, 0.15) is 5.82 Å². The van der Waals surface area contributed by atoms with Crippen LogP contribution in [0.15, 0.2) is 42.7 Å². The summed E-state index contributed by atoms with van der Waals surface area (Å²) in [7, 11) is -0.365. The molecule has 0 unspecified atom stereocenters. The summed E-state index contributed by atoms with van der Waals surface area (Å²) in [5.41, 5.74) is 1.02. The fourth-order valence-corrected chi connectivity index (χ4v) is 6.03. The first-order chi connectivity index (χ1) is 17.2. The smallest absolute Gasteiger partial charge is 0.279 e. The van der Waals surface area contributed by atoms with E-state index >= 15 is 0 Å². The molecule has 1 saturated heterocycles. The van der Waals surface area contributed by atoms with Crippen LogP contribution < -0.4 is 10.0 Å². The van der Waals surface area contributed by atoms with Crippen molar-refractivity contribution in [2.24, 2.45) is 0 Å². The van der Waals surface area contributed by atoms with E-state index in [-0.39, 0.29) is 12.1 Å². The Morgan fingerprint density at radius 2 is 1.81 bits per heavy atom. The summed E-state index contributed by atoms with van der Waals surface area (Å²) in [6.45, 7) is 1.11. The quantitative estimate of drug-likeness (QED) is 0.443. The maximum absolute atomic E-state index is 12.1. The van der Waals surface area contributed by atoms with Crippen LogP contribution in [0.1, 0.15) is 44.1 Å². The Morgan fingerprint density at radius 3 is 2.53 bits per heavy atom. The SMILES string of the molecule is CN(C)S(=O)(=O)NC1CCC(Nc2nccc(-n3ccc4c(C5(O)CCOCC5)cccc43)n2)CC1. The van der Waals surface area contributed by atoms with Crippen molar-refractivity contribution in [2.75, 3.05) is 32.6 Å². The molecule has 0 spiro atoms. The van der Waals surface area contributed by atoms with Gasteiger partial charge in [-0.2, -0.15) is 22.4 Å². The van der Waals surface area contributed by atoms with Gasteiger partial charge < -0.3 is 19.7 Å². The third-order valence-corrected chi connectivity index (χ3v) is 8.89. The minimum absolute atomic E-state index is 0.0614. The third-order valence-electron chi connectivity index (χ3n) is 7.30. The van der Waals surface area contributed by atoms with Gasteiger partial charge in [-0.05, 0) is 49.4 Å². The molecule has 1 aliphatic heterocycles. The van der Waals surface area contributed by atoms with Crippen LogP contribution in [0.3, 0.4) is 0 Å². The van der Waals surface area contributed by atoms with Gasteiger partial charge in [-0.3, -0.25) is 0 Å². The topological polar surface area (TPSA) is 122 Å². The Bertz CT molecular complexity index is 1310. The number of nitrogens with zero attached hydrogens (tertiary/aromatic N) is 4. The van der Waals surface area contributed by atoms with E-state index in [1.54, 1.807) is 6.20 Å². The van der Waals surface area contributed by atoms with Gasteiger partial charge in [0.25, 0.3) is 10.2 Å². The zero-order valence-corrected chi connectivity index (χ0v) is 21.5. The second-order valence-corrected chi connectivity index (χ2v) is 11.8. The van der Waals surface area contributed by atoms with Crippen molar-refractivity contribution in [2.45, 2.75) is 56.2 Å². The second-order valence-electron chi connectivity index (χ2n) is 9.90. The molecule has 10 nitrogen and oxygen atoms in total. The first-order valence-electron chi connectivity index (χ1n) is 12.5. The van der Waals surface area contributed by atoms with Crippen LogP contribution >= 0.6 is 0 Å². The van der Waals surface area contributed by atoms with E-state index in [0.717, 1.165) is 48.0 Å². The average Bonchev–Trinajstić information content (AvgIpc) is 3.30. The molecule has 3 aromatic rings. The molecular formula is C25H34N6O4S. The molecule has 1 saturated carbocycles. The molecule has 0 bridgehead atoms. The summed E-state index contributed by atoms with van der Waals surface area (Å²) in [6, 6.07) is 10.0. The van der Waals surface area contributed by atoms with Crippen LogP contribution in [0, 0.1) is 0 Å². The van der Waals surface area contributed by atoms with Crippen molar-refractivity contribution in [3.63, 3.8) is 0 Å². The zero-order valence-electron chi connectivity index (χ0n) is 20.7. The standard InChI is InChI=1S/C25H34N6O4S/c1-30(2)36(33,34)29-19-8-6-18(7-9-19)27-24-26-14-10-23(28-24)31-15-11-20-21(4-3-5-22(20)31)25(32)12-16-35-17-13-25/h3-5,10-11,14-15,18-19,29,32H,6-9,12-13,16-17H2,1-2H3,(H,26,27,28). The van der Waals surface area contributed by atoms with Crippen molar-refractivity contribution >= 4 is 27.1 Å². The van der Waals surface area contributed by atoms with Crippen molar-refractivity contribution in [3.05, 3.63) is 48.3 Å². The van der Waals surface area contributed by atoms with Gasteiger partial charge in [-0.15, -0.1) is 0 Å². The molecule has 194 valence electrons. The number of anilines is 1. The van der Waals surface area contributed by atoms with Gasteiger partial charge in [-0.1, -0.05) is 12.1 Å². The lowest BCUT2D eigenvalue weighted by atomic mass is 9.84. The molecule has 1 aromatic carbocycles. The molecule has 3 N–H and O–H groups in total. The van der Waals surface area contributed by atoms with E-state index in [9.17, 15) is 13.5 Å². The Morgan fingerprint density at radius 1 is 1.08 bits per heavy atom. The van der Waals surface area contributed by atoms with E-state index in [0.29, 0.717) is 32.0 Å². The Labute approximate surface area is 211 Å². The van der Waals surface area contributed by atoms with E-state index in [4.69, 9.17) is 9.72 Å². The fraction of sp³-hybridized carbons (Fsp3) is 0.520. The van der Waals surface area contributed by atoms with Gasteiger partial charge in [0.05, 0.1) is 11.1 Å².